The average Bonchev–Trinajstić information content (AvgIpc) is 2.78. The van der Waals surface area contributed by atoms with Gasteiger partial charge in [0.25, 0.3) is 0 Å². The Kier molecular flexibility index (Phi) is 6.24. The lowest BCUT2D eigenvalue weighted by atomic mass is 9.91. The molecule has 2 aliphatic heterocycles. The maximum absolute atomic E-state index is 12.7. The SMILES string of the molecule is COc1cc2cc(N)c(C3CCN(C(=O)CN4CCOCC4)CC3)nc2cc1OC. The van der Waals surface area contributed by atoms with Gasteiger partial charge in [-0.15, -0.1) is 0 Å². The topological polar surface area (TPSA) is 90.2 Å². The van der Waals surface area contributed by atoms with E-state index in [1.165, 1.54) is 0 Å². The third-order valence-corrected chi connectivity index (χ3v) is 6.08. The molecule has 0 aliphatic carbocycles. The second kappa shape index (κ2) is 9.06. The Hall–Kier alpha value is -2.58. The summed E-state index contributed by atoms with van der Waals surface area (Å²) in [5, 5.41) is 0.923. The van der Waals surface area contributed by atoms with Crippen LogP contribution in [0.3, 0.4) is 0 Å². The van der Waals surface area contributed by atoms with Crippen molar-refractivity contribution >= 4 is 22.5 Å². The number of morpholine rings is 1. The Labute approximate surface area is 176 Å². The van der Waals surface area contributed by atoms with Crippen LogP contribution in [-0.4, -0.2) is 80.8 Å². The van der Waals surface area contributed by atoms with E-state index in [9.17, 15) is 4.79 Å². The number of likely N-dealkylation sites (tertiary alicyclic amines) is 1. The number of piperidine rings is 1. The van der Waals surface area contributed by atoms with Crippen LogP contribution in [0.15, 0.2) is 18.2 Å². The number of amides is 1. The van der Waals surface area contributed by atoms with Crippen LogP contribution in [-0.2, 0) is 9.53 Å². The molecule has 2 saturated heterocycles. The number of benzene rings is 1. The van der Waals surface area contributed by atoms with Crippen molar-refractivity contribution in [2.24, 2.45) is 0 Å². The molecule has 0 unspecified atom stereocenters. The highest BCUT2D eigenvalue weighted by Crippen LogP contribution is 2.36. The molecule has 0 bridgehead atoms. The molecule has 2 aromatic rings. The molecule has 0 atom stereocenters. The minimum absolute atomic E-state index is 0.201. The summed E-state index contributed by atoms with van der Waals surface area (Å²) < 4.78 is 16.1. The number of aromatic nitrogens is 1. The molecule has 2 fully saturated rings. The Balaban J connectivity index is 1.44. The van der Waals surface area contributed by atoms with E-state index in [4.69, 9.17) is 24.9 Å². The van der Waals surface area contributed by atoms with Gasteiger partial charge in [-0.05, 0) is 25.0 Å². The number of hydrogen-bond acceptors (Lipinski definition) is 7. The smallest absolute Gasteiger partial charge is 0.236 e. The van der Waals surface area contributed by atoms with Crippen LogP contribution in [0.4, 0.5) is 5.69 Å². The number of carbonyl (C=O) groups is 1. The van der Waals surface area contributed by atoms with Gasteiger partial charge in [0, 0.05) is 43.5 Å². The van der Waals surface area contributed by atoms with Gasteiger partial charge in [-0.25, -0.2) is 0 Å². The van der Waals surface area contributed by atoms with E-state index in [0.717, 1.165) is 55.6 Å². The number of nitrogens with two attached hydrogens (primary N) is 1. The lowest BCUT2D eigenvalue weighted by Gasteiger charge is -2.34. The van der Waals surface area contributed by atoms with Crippen LogP contribution in [0.2, 0.25) is 0 Å². The van der Waals surface area contributed by atoms with Crippen molar-refractivity contribution in [3.63, 3.8) is 0 Å². The Bertz CT molecular complexity index is 906. The van der Waals surface area contributed by atoms with E-state index >= 15 is 0 Å². The molecule has 30 heavy (non-hydrogen) atoms. The first-order valence-electron chi connectivity index (χ1n) is 10.5. The number of ether oxygens (including phenoxy) is 3. The second-order valence-electron chi connectivity index (χ2n) is 7.91. The predicted octanol–water partition coefficient (Wildman–Crippen LogP) is 1.87. The minimum Gasteiger partial charge on any atom is -0.493 e. The zero-order valence-corrected chi connectivity index (χ0v) is 17.7. The Morgan fingerprint density at radius 1 is 1.10 bits per heavy atom. The monoisotopic (exact) mass is 414 g/mol. The summed E-state index contributed by atoms with van der Waals surface area (Å²) in [4.78, 5) is 21.7. The summed E-state index contributed by atoms with van der Waals surface area (Å²) in [6.45, 7) is 5.02. The summed E-state index contributed by atoms with van der Waals surface area (Å²) >= 11 is 0. The first kappa shape index (κ1) is 20.7. The number of nitrogens with zero attached hydrogens (tertiary/aromatic N) is 3. The van der Waals surface area contributed by atoms with E-state index in [-0.39, 0.29) is 11.8 Å². The van der Waals surface area contributed by atoms with Crippen LogP contribution in [0.5, 0.6) is 11.5 Å². The van der Waals surface area contributed by atoms with Crippen molar-refractivity contribution in [1.29, 1.82) is 0 Å². The fourth-order valence-corrected chi connectivity index (χ4v) is 4.31. The lowest BCUT2D eigenvalue weighted by molar-refractivity contribution is -0.134. The Morgan fingerprint density at radius 2 is 1.77 bits per heavy atom. The molecular weight excluding hydrogens is 384 g/mol. The fraction of sp³-hybridized carbons (Fsp3) is 0.545. The number of carbonyl (C=O) groups excluding carboxylic acids is 1. The molecule has 3 heterocycles. The van der Waals surface area contributed by atoms with Crippen molar-refractivity contribution in [2.45, 2.75) is 18.8 Å². The van der Waals surface area contributed by atoms with Gasteiger partial charge >= 0.3 is 0 Å². The average molecular weight is 415 g/mol. The van der Waals surface area contributed by atoms with E-state index < -0.39 is 0 Å². The quantitative estimate of drug-likeness (QED) is 0.799. The number of pyridine rings is 1. The molecule has 0 spiro atoms. The highest BCUT2D eigenvalue weighted by molar-refractivity contribution is 5.86. The molecule has 4 rings (SSSR count). The Morgan fingerprint density at radius 3 is 2.43 bits per heavy atom. The van der Waals surface area contributed by atoms with Crippen LogP contribution < -0.4 is 15.2 Å². The van der Waals surface area contributed by atoms with Gasteiger partial charge in [0.2, 0.25) is 5.91 Å². The molecule has 8 heteroatoms. The third-order valence-electron chi connectivity index (χ3n) is 6.08. The highest BCUT2D eigenvalue weighted by Gasteiger charge is 2.27. The largest absolute Gasteiger partial charge is 0.493 e. The lowest BCUT2D eigenvalue weighted by Crippen LogP contribution is -2.46. The van der Waals surface area contributed by atoms with Crippen LogP contribution in [0.1, 0.15) is 24.5 Å². The summed E-state index contributed by atoms with van der Waals surface area (Å²) in [7, 11) is 3.23. The molecule has 8 nitrogen and oxygen atoms in total. The number of nitrogen functional groups attached to an aromatic ring is 1. The van der Waals surface area contributed by atoms with Crippen LogP contribution >= 0.6 is 0 Å². The van der Waals surface area contributed by atoms with E-state index in [0.29, 0.717) is 36.9 Å². The second-order valence-corrected chi connectivity index (χ2v) is 7.91. The molecule has 2 N–H and O–H groups in total. The van der Waals surface area contributed by atoms with Gasteiger partial charge in [0.1, 0.15) is 0 Å². The zero-order chi connectivity index (χ0) is 21.1. The van der Waals surface area contributed by atoms with Gasteiger partial charge in [0.15, 0.2) is 11.5 Å². The first-order chi connectivity index (χ1) is 14.6. The molecule has 1 aromatic carbocycles. The molecule has 0 saturated carbocycles. The summed E-state index contributed by atoms with van der Waals surface area (Å²) in [5.74, 6) is 1.75. The molecule has 1 amide bonds. The van der Waals surface area contributed by atoms with Crippen molar-refractivity contribution < 1.29 is 19.0 Å². The number of fused-ring (bicyclic) bond motifs is 1. The number of anilines is 1. The summed E-state index contributed by atoms with van der Waals surface area (Å²) in [5.41, 5.74) is 8.80. The summed E-state index contributed by atoms with van der Waals surface area (Å²) in [6.07, 6.45) is 1.73. The number of methoxy groups -OCH3 is 2. The molecular formula is C22H30N4O4. The van der Waals surface area contributed by atoms with Crippen LogP contribution in [0.25, 0.3) is 10.9 Å². The normalized spacial score (nSPS) is 18.5. The molecule has 162 valence electrons. The van der Waals surface area contributed by atoms with Gasteiger partial charge in [-0.2, -0.15) is 0 Å². The standard InChI is InChI=1S/C22H30N4O4/c1-28-19-12-16-11-17(23)22(24-18(16)13-20(19)29-2)15-3-5-26(6-4-15)21(27)14-25-7-9-30-10-8-25/h11-13,15H,3-10,14,23H2,1-2H3. The fourth-order valence-electron chi connectivity index (χ4n) is 4.31. The van der Waals surface area contributed by atoms with Crippen molar-refractivity contribution in [3.05, 3.63) is 23.9 Å². The van der Waals surface area contributed by atoms with Gasteiger partial charge in [-0.1, -0.05) is 0 Å². The van der Waals surface area contributed by atoms with Crippen molar-refractivity contribution in [2.75, 3.05) is 65.9 Å². The maximum Gasteiger partial charge on any atom is 0.236 e. The van der Waals surface area contributed by atoms with Crippen molar-refractivity contribution in [1.82, 2.24) is 14.8 Å². The molecule has 0 radical (unpaired) electrons. The highest BCUT2D eigenvalue weighted by atomic mass is 16.5. The maximum atomic E-state index is 12.7. The van der Waals surface area contributed by atoms with Gasteiger partial charge in [-0.3, -0.25) is 14.7 Å². The van der Waals surface area contributed by atoms with Crippen molar-refractivity contribution in [3.8, 4) is 11.5 Å². The van der Waals surface area contributed by atoms with E-state index in [1.807, 2.05) is 23.1 Å². The molecule has 1 aromatic heterocycles. The summed E-state index contributed by atoms with van der Waals surface area (Å²) in [6, 6.07) is 5.74. The van der Waals surface area contributed by atoms with Crippen LogP contribution in [0, 0.1) is 0 Å². The predicted molar refractivity (Wildman–Crippen MR) is 115 cm³/mol. The number of hydrogen-bond donors (Lipinski definition) is 1. The third kappa shape index (κ3) is 4.29. The number of rotatable bonds is 5. The zero-order valence-electron chi connectivity index (χ0n) is 17.7. The van der Waals surface area contributed by atoms with Gasteiger partial charge in [0.05, 0.1) is 50.9 Å². The molecule has 2 aliphatic rings. The first-order valence-corrected chi connectivity index (χ1v) is 10.5. The van der Waals surface area contributed by atoms with Gasteiger partial charge < -0.3 is 24.8 Å². The minimum atomic E-state index is 0.201. The van der Waals surface area contributed by atoms with E-state index in [1.54, 1.807) is 14.2 Å². The van der Waals surface area contributed by atoms with E-state index in [2.05, 4.69) is 4.90 Å².